The van der Waals surface area contributed by atoms with E-state index in [-0.39, 0.29) is 12.3 Å². The van der Waals surface area contributed by atoms with Gasteiger partial charge in [-0.25, -0.2) is 4.79 Å². The zero-order valence-electron chi connectivity index (χ0n) is 17.8. The summed E-state index contributed by atoms with van der Waals surface area (Å²) in [6.07, 6.45) is 0.600. The number of nitrogens with two attached hydrogens (primary N) is 1. The number of aromatic nitrogens is 1. The summed E-state index contributed by atoms with van der Waals surface area (Å²) in [7, 11) is 2.64. The number of hydrogen-bond donors (Lipinski definition) is 1. The fraction of sp³-hybridized carbons (Fsp3) is 0.261. The lowest BCUT2D eigenvalue weighted by Gasteiger charge is -2.11. The summed E-state index contributed by atoms with van der Waals surface area (Å²) >= 11 is 0. The number of primary amides is 1. The Balaban J connectivity index is 2.30. The first-order valence-corrected chi connectivity index (χ1v) is 9.80. The van der Waals surface area contributed by atoms with Gasteiger partial charge in [0.15, 0.2) is 12.3 Å². The largest absolute Gasteiger partial charge is 0.481 e. The van der Waals surface area contributed by atoms with Gasteiger partial charge in [0.25, 0.3) is 5.91 Å². The third kappa shape index (κ3) is 4.53. The molecule has 8 heteroatoms. The molecule has 3 rings (SSSR count). The third-order valence-corrected chi connectivity index (χ3v) is 4.90. The van der Waals surface area contributed by atoms with Gasteiger partial charge in [-0.3, -0.25) is 4.79 Å². The molecule has 0 saturated heterocycles. The minimum atomic E-state index is -0.724. The molecular formula is C23H25N3O5. The minimum absolute atomic E-state index is 0.00900. The molecule has 0 unspecified atom stereocenters. The van der Waals surface area contributed by atoms with Crippen LogP contribution in [0.15, 0.2) is 53.7 Å². The van der Waals surface area contributed by atoms with E-state index in [9.17, 15) is 9.59 Å². The van der Waals surface area contributed by atoms with Crippen LogP contribution in [0.25, 0.3) is 10.9 Å². The van der Waals surface area contributed by atoms with E-state index in [1.807, 2.05) is 49.4 Å². The summed E-state index contributed by atoms with van der Waals surface area (Å²) in [4.78, 5) is 28.8. The lowest BCUT2D eigenvalue weighted by molar-refractivity contribution is -0.142. The van der Waals surface area contributed by atoms with Gasteiger partial charge in [-0.1, -0.05) is 48.5 Å². The quantitative estimate of drug-likeness (QED) is 0.324. The number of rotatable bonds is 9. The maximum Gasteiger partial charge on any atom is 0.343 e. The number of fused-ring (bicyclic) bond motifs is 1. The Kier molecular flexibility index (Phi) is 6.92. The molecule has 0 radical (unpaired) electrons. The first-order valence-electron chi connectivity index (χ1n) is 9.80. The number of nitrogens with zero attached hydrogens (tertiary/aromatic N) is 2. The molecule has 0 spiro atoms. The van der Waals surface area contributed by atoms with Crippen molar-refractivity contribution in [2.24, 2.45) is 10.9 Å². The van der Waals surface area contributed by atoms with Crippen molar-refractivity contribution in [1.82, 2.24) is 4.57 Å². The molecule has 0 aliphatic carbocycles. The smallest absolute Gasteiger partial charge is 0.343 e. The van der Waals surface area contributed by atoms with Crippen LogP contribution in [0.5, 0.6) is 5.75 Å². The van der Waals surface area contributed by atoms with Crippen LogP contribution in [-0.4, -0.2) is 43.0 Å². The topological polar surface area (TPSA) is 105 Å². The van der Waals surface area contributed by atoms with E-state index in [4.69, 9.17) is 15.3 Å². The number of benzene rings is 2. The zero-order valence-corrected chi connectivity index (χ0v) is 17.8. The molecule has 1 heterocycles. The number of esters is 1. The first kappa shape index (κ1) is 21.9. The summed E-state index contributed by atoms with van der Waals surface area (Å²) in [5.41, 5.74) is 8.93. The van der Waals surface area contributed by atoms with E-state index in [0.717, 1.165) is 16.8 Å². The average molecular weight is 423 g/mol. The van der Waals surface area contributed by atoms with Gasteiger partial charge in [-0.2, -0.15) is 0 Å². The van der Waals surface area contributed by atoms with E-state index in [2.05, 4.69) is 14.5 Å². The Bertz CT molecular complexity index is 1120. The summed E-state index contributed by atoms with van der Waals surface area (Å²) in [6.45, 7) is 2.29. The number of methoxy groups -OCH3 is 1. The van der Waals surface area contributed by atoms with E-state index >= 15 is 0 Å². The predicted molar refractivity (Wildman–Crippen MR) is 117 cm³/mol. The molecule has 0 saturated carbocycles. The fourth-order valence-corrected chi connectivity index (χ4v) is 3.61. The number of oxime groups is 1. The molecular weight excluding hydrogens is 398 g/mol. The summed E-state index contributed by atoms with van der Waals surface area (Å²) in [6, 6.07) is 15.4. The van der Waals surface area contributed by atoms with E-state index < -0.39 is 11.9 Å². The molecule has 162 valence electrons. The molecule has 0 aliphatic heterocycles. The maximum atomic E-state index is 12.3. The molecule has 0 fully saturated rings. The molecule has 31 heavy (non-hydrogen) atoms. The second-order valence-electron chi connectivity index (χ2n) is 6.75. The molecule has 0 atom stereocenters. The van der Waals surface area contributed by atoms with Gasteiger partial charge in [-0.15, -0.1) is 0 Å². The maximum absolute atomic E-state index is 12.3. The van der Waals surface area contributed by atoms with Gasteiger partial charge in [0.05, 0.1) is 18.0 Å². The molecule has 1 aromatic heterocycles. The van der Waals surface area contributed by atoms with E-state index in [0.29, 0.717) is 29.7 Å². The van der Waals surface area contributed by atoms with E-state index in [1.165, 1.54) is 14.2 Å². The second kappa shape index (κ2) is 9.80. The number of carbonyl (C=O) groups excluding carboxylic acids is 2. The van der Waals surface area contributed by atoms with Crippen molar-refractivity contribution in [3.05, 3.63) is 65.4 Å². The van der Waals surface area contributed by atoms with Crippen LogP contribution < -0.4 is 10.5 Å². The summed E-state index contributed by atoms with van der Waals surface area (Å²) < 4.78 is 12.5. The Hall–Kier alpha value is -3.81. The lowest BCUT2D eigenvalue weighted by atomic mass is 10.0. The van der Waals surface area contributed by atoms with Crippen molar-refractivity contribution in [3.8, 4) is 5.75 Å². The molecule has 3 aromatic rings. The van der Waals surface area contributed by atoms with Gasteiger partial charge in [0.1, 0.15) is 12.9 Å². The average Bonchev–Trinajstić information content (AvgIpc) is 3.09. The van der Waals surface area contributed by atoms with Crippen molar-refractivity contribution in [3.63, 3.8) is 0 Å². The molecule has 2 aromatic carbocycles. The Labute approximate surface area is 180 Å². The van der Waals surface area contributed by atoms with Gasteiger partial charge in [-0.05, 0) is 24.1 Å². The summed E-state index contributed by atoms with van der Waals surface area (Å²) in [5, 5.41) is 4.54. The van der Waals surface area contributed by atoms with Gasteiger partial charge >= 0.3 is 5.97 Å². The highest BCUT2D eigenvalue weighted by atomic mass is 16.6. The van der Waals surface area contributed by atoms with Crippen LogP contribution in [0.3, 0.4) is 0 Å². The van der Waals surface area contributed by atoms with Crippen molar-refractivity contribution in [1.29, 1.82) is 0 Å². The lowest BCUT2D eigenvalue weighted by Crippen LogP contribution is -2.26. The third-order valence-electron chi connectivity index (χ3n) is 4.90. The van der Waals surface area contributed by atoms with Crippen LogP contribution in [-0.2, 0) is 32.1 Å². The fourth-order valence-electron chi connectivity index (χ4n) is 3.61. The van der Waals surface area contributed by atoms with Gasteiger partial charge in [0, 0.05) is 17.8 Å². The van der Waals surface area contributed by atoms with Crippen LogP contribution in [0, 0.1) is 0 Å². The normalized spacial score (nSPS) is 11.4. The van der Waals surface area contributed by atoms with Gasteiger partial charge < -0.3 is 24.6 Å². The van der Waals surface area contributed by atoms with Gasteiger partial charge in [0.2, 0.25) is 0 Å². The Morgan fingerprint density at radius 1 is 1.06 bits per heavy atom. The molecule has 2 N–H and O–H groups in total. The van der Waals surface area contributed by atoms with Crippen molar-refractivity contribution >= 4 is 28.5 Å². The second-order valence-corrected chi connectivity index (χ2v) is 6.75. The SMILES string of the molecule is CCc1c(C(=NOC)C(N)=O)c2c(OCC(=O)OC)cccc2n1Cc1ccccc1. The Morgan fingerprint density at radius 2 is 1.81 bits per heavy atom. The summed E-state index contributed by atoms with van der Waals surface area (Å²) in [5.74, 6) is -0.818. The highest BCUT2D eigenvalue weighted by Crippen LogP contribution is 2.35. The number of carbonyl (C=O) groups is 2. The standard InChI is InChI=1S/C23H25N3O5/c1-4-16-21(22(23(24)28)25-30-3)20-17(26(16)13-15-9-6-5-7-10-15)11-8-12-18(20)31-14-19(27)29-2/h5-12H,4,13-14H2,1-3H3,(H2,24,28). The van der Waals surface area contributed by atoms with Crippen LogP contribution >= 0.6 is 0 Å². The number of hydrogen-bond acceptors (Lipinski definition) is 6. The predicted octanol–water partition coefficient (Wildman–Crippen LogP) is 2.64. The molecule has 0 bridgehead atoms. The monoisotopic (exact) mass is 423 g/mol. The highest BCUT2D eigenvalue weighted by Gasteiger charge is 2.26. The van der Waals surface area contributed by atoms with Crippen LogP contribution in [0.2, 0.25) is 0 Å². The molecule has 1 amide bonds. The van der Waals surface area contributed by atoms with Crippen LogP contribution in [0.1, 0.15) is 23.7 Å². The van der Waals surface area contributed by atoms with Crippen molar-refractivity contribution in [2.75, 3.05) is 20.8 Å². The number of ether oxygens (including phenoxy) is 2. The molecule has 0 aliphatic rings. The van der Waals surface area contributed by atoms with Crippen molar-refractivity contribution in [2.45, 2.75) is 19.9 Å². The zero-order chi connectivity index (χ0) is 22.4. The Morgan fingerprint density at radius 3 is 2.42 bits per heavy atom. The molecule has 8 nitrogen and oxygen atoms in total. The number of amides is 1. The van der Waals surface area contributed by atoms with Crippen LogP contribution in [0.4, 0.5) is 0 Å². The first-order chi connectivity index (χ1) is 15.0. The van der Waals surface area contributed by atoms with Crippen molar-refractivity contribution < 1.29 is 23.9 Å². The highest BCUT2D eigenvalue weighted by molar-refractivity contribution is 6.47. The minimum Gasteiger partial charge on any atom is -0.481 e. The van der Waals surface area contributed by atoms with E-state index in [1.54, 1.807) is 6.07 Å².